The van der Waals surface area contributed by atoms with Crippen molar-refractivity contribution in [1.29, 1.82) is 10.5 Å². The molecule has 0 amide bonds. The van der Waals surface area contributed by atoms with Gasteiger partial charge in [0.15, 0.2) is 24.8 Å². The highest BCUT2D eigenvalue weighted by molar-refractivity contribution is 5.24. The van der Waals surface area contributed by atoms with Crippen molar-refractivity contribution in [2.75, 3.05) is 0 Å². The van der Waals surface area contributed by atoms with Crippen LogP contribution in [0.15, 0.2) is 49.1 Å². The Kier molecular flexibility index (Phi) is 15.0. The molecule has 0 saturated heterocycles. The lowest BCUT2D eigenvalue weighted by atomic mass is 10.1. The van der Waals surface area contributed by atoms with Crippen molar-refractivity contribution in [3.05, 3.63) is 60.2 Å². The Hall–Kier alpha value is -1.26. The minimum Gasteiger partial charge on any atom is -1.00 e. The molecule has 0 radical (unpaired) electrons. The molecule has 0 aliphatic heterocycles. The Morgan fingerprint density at radius 1 is 0.556 bits per heavy atom. The number of unbranched alkanes of at least 4 members (excludes halogenated alkanes) is 6. The summed E-state index contributed by atoms with van der Waals surface area (Å²) in [5.41, 5.74) is 1.44. The smallest absolute Gasteiger partial charge is 0.170 e. The van der Waals surface area contributed by atoms with Gasteiger partial charge in [-0.1, -0.05) is 19.3 Å². The van der Waals surface area contributed by atoms with Crippen LogP contribution in [0.3, 0.4) is 0 Å². The molecule has 27 heavy (non-hydrogen) atoms. The standard InChI is InChI=1S/C21H26N4.2HI/c22-18-20-8-14-24(15-9-20)12-6-4-2-1-3-5-7-13-25-16-10-21(19-23)11-17-25;;/h8-11,14-17H,1-7,12-13H2;2*1H/q+2;;/p-2. The number of pyridine rings is 2. The summed E-state index contributed by atoms with van der Waals surface area (Å²) in [6.07, 6.45) is 16.7. The van der Waals surface area contributed by atoms with Gasteiger partial charge in [0.2, 0.25) is 0 Å². The molecule has 2 heterocycles. The van der Waals surface area contributed by atoms with E-state index in [1.54, 1.807) is 0 Å². The molecule has 0 N–H and O–H groups in total. The third kappa shape index (κ3) is 10.6. The Labute approximate surface area is 196 Å². The van der Waals surface area contributed by atoms with E-state index in [0.717, 1.165) is 24.2 Å². The summed E-state index contributed by atoms with van der Waals surface area (Å²) in [5, 5.41) is 17.6. The maximum Gasteiger partial charge on any atom is 0.170 e. The van der Waals surface area contributed by atoms with Gasteiger partial charge in [0.25, 0.3) is 0 Å². The maximum atomic E-state index is 8.78. The molecule has 2 aromatic rings. The summed E-state index contributed by atoms with van der Waals surface area (Å²) in [5.74, 6) is 0. The van der Waals surface area contributed by atoms with Crippen LogP contribution in [-0.2, 0) is 13.1 Å². The van der Waals surface area contributed by atoms with Crippen molar-refractivity contribution in [1.82, 2.24) is 0 Å². The molecule has 0 aromatic carbocycles. The zero-order valence-corrected chi connectivity index (χ0v) is 19.8. The fourth-order valence-corrected chi connectivity index (χ4v) is 2.83. The van der Waals surface area contributed by atoms with E-state index in [1.807, 2.05) is 49.1 Å². The van der Waals surface area contributed by atoms with E-state index >= 15 is 0 Å². The molecule has 0 aliphatic rings. The van der Waals surface area contributed by atoms with Crippen LogP contribution in [0.2, 0.25) is 0 Å². The Balaban J connectivity index is 0.00000338. The normalized spacial score (nSPS) is 9.41. The summed E-state index contributed by atoms with van der Waals surface area (Å²) < 4.78 is 4.30. The number of hydrogen-bond acceptors (Lipinski definition) is 2. The van der Waals surface area contributed by atoms with Crippen LogP contribution in [-0.4, -0.2) is 0 Å². The van der Waals surface area contributed by atoms with Gasteiger partial charge >= 0.3 is 0 Å². The summed E-state index contributed by atoms with van der Waals surface area (Å²) >= 11 is 0. The zero-order chi connectivity index (χ0) is 17.7. The van der Waals surface area contributed by atoms with Crippen molar-refractivity contribution in [3.8, 4) is 12.1 Å². The molecule has 6 heteroatoms. The first-order valence-electron chi connectivity index (χ1n) is 9.10. The minimum atomic E-state index is 0. The average molecular weight is 588 g/mol. The highest BCUT2D eigenvalue weighted by Gasteiger charge is 2.02. The topological polar surface area (TPSA) is 55.3 Å². The second-order valence-corrected chi connectivity index (χ2v) is 6.35. The van der Waals surface area contributed by atoms with E-state index in [0.29, 0.717) is 0 Å². The lowest BCUT2D eigenvalue weighted by Gasteiger charge is -2.01. The quantitative estimate of drug-likeness (QED) is 0.175. The maximum absolute atomic E-state index is 8.78. The van der Waals surface area contributed by atoms with E-state index in [1.165, 1.54) is 44.9 Å². The SMILES string of the molecule is N#Cc1cc[n+](CCCCCCCCC[n+]2ccc(C#N)cc2)cc1.[I-].[I-]. The van der Waals surface area contributed by atoms with Gasteiger partial charge in [0.05, 0.1) is 23.3 Å². The van der Waals surface area contributed by atoms with Gasteiger partial charge in [-0.3, -0.25) is 0 Å². The van der Waals surface area contributed by atoms with Crippen molar-refractivity contribution in [2.24, 2.45) is 0 Å². The Morgan fingerprint density at radius 2 is 0.852 bits per heavy atom. The highest BCUT2D eigenvalue weighted by atomic mass is 127. The molecule has 0 atom stereocenters. The van der Waals surface area contributed by atoms with Crippen molar-refractivity contribution in [3.63, 3.8) is 0 Å². The molecule has 0 spiro atoms. The number of nitriles is 2. The third-order valence-corrected chi connectivity index (χ3v) is 4.37. The van der Waals surface area contributed by atoms with Gasteiger partial charge in [0, 0.05) is 37.1 Å². The Bertz CT molecular complexity index is 652. The van der Waals surface area contributed by atoms with Gasteiger partial charge in [0.1, 0.15) is 13.1 Å². The number of aryl methyl sites for hydroxylation is 2. The van der Waals surface area contributed by atoms with E-state index in [-0.39, 0.29) is 48.0 Å². The van der Waals surface area contributed by atoms with Gasteiger partial charge < -0.3 is 48.0 Å². The highest BCUT2D eigenvalue weighted by Crippen LogP contribution is 2.07. The fraction of sp³-hybridized carbons (Fsp3) is 0.429. The summed E-state index contributed by atoms with van der Waals surface area (Å²) in [6, 6.07) is 11.8. The predicted molar refractivity (Wildman–Crippen MR) is 95.0 cm³/mol. The first-order chi connectivity index (χ1) is 12.3. The van der Waals surface area contributed by atoms with E-state index < -0.39 is 0 Å². The number of halogens is 2. The number of rotatable bonds is 10. The molecule has 4 nitrogen and oxygen atoms in total. The molecule has 2 aromatic heterocycles. The number of aromatic nitrogens is 2. The van der Waals surface area contributed by atoms with Crippen molar-refractivity contribution in [2.45, 2.75) is 58.0 Å². The van der Waals surface area contributed by atoms with Crippen molar-refractivity contribution >= 4 is 0 Å². The van der Waals surface area contributed by atoms with E-state index in [9.17, 15) is 0 Å². The zero-order valence-electron chi connectivity index (χ0n) is 15.5. The monoisotopic (exact) mass is 588 g/mol. The van der Waals surface area contributed by atoms with Crippen LogP contribution in [0.25, 0.3) is 0 Å². The second-order valence-electron chi connectivity index (χ2n) is 6.35. The molecule has 0 bridgehead atoms. The number of hydrogen-bond donors (Lipinski definition) is 0. The average Bonchev–Trinajstić information content (AvgIpc) is 2.67. The minimum absolute atomic E-state index is 0. The molecular weight excluding hydrogens is 562 g/mol. The van der Waals surface area contributed by atoms with Crippen LogP contribution < -0.4 is 57.1 Å². The van der Waals surface area contributed by atoms with Gasteiger partial charge in [-0.2, -0.15) is 10.5 Å². The Morgan fingerprint density at radius 3 is 1.15 bits per heavy atom. The molecular formula is C21H26I2N4. The summed E-state index contributed by atoms with van der Waals surface area (Å²) in [7, 11) is 0. The lowest BCUT2D eigenvalue weighted by molar-refractivity contribution is -0.697. The number of nitrogens with zero attached hydrogens (tertiary/aromatic N) is 4. The first kappa shape index (κ1) is 25.7. The second kappa shape index (κ2) is 15.8. The lowest BCUT2D eigenvalue weighted by Crippen LogP contribution is -3.00. The molecule has 0 fully saturated rings. The van der Waals surface area contributed by atoms with Crippen LogP contribution >= 0.6 is 0 Å². The predicted octanol–water partition coefficient (Wildman–Crippen LogP) is -2.56. The van der Waals surface area contributed by atoms with Crippen LogP contribution in [0.4, 0.5) is 0 Å². The van der Waals surface area contributed by atoms with Crippen LogP contribution in [0, 0.1) is 22.7 Å². The van der Waals surface area contributed by atoms with E-state index in [4.69, 9.17) is 10.5 Å². The van der Waals surface area contributed by atoms with Crippen LogP contribution in [0.5, 0.6) is 0 Å². The summed E-state index contributed by atoms with van der Waals surface area (Å²) in [4.78, 5) is 0. The van der Waals surface area contributed by atoms with Crippen molar-refractivity contribution < 1.29 is 57.1 Å². The van der Waals surface area contributed by atoms with Gasteiger partial charge in [-0.25, -0.2) is 9.13 Å². The molecule has 0 saturated carbocycles. The molecule has 0 unspecified atom stereocenters. The molecule has 144 valence electrons. The largest absolute Gasteiger partial charge is 1.00 e. The molecule has 0 aliphatic carbocycles. The van der Waals surface area contributed by atoms with Gasteiger partial charge in [-0.15, -0.1) is 0 Å². The van der Waals surface area contributed by atoms with Gasteiger partial charge in [-0.05, 0) is 12.8 Å². The summed E-state index contributed by atoms with van der Waals surface area (Å²) in [6.45, 7) is 2.06. The first-order valence-corrected chi connectivity index (χ1v) is 9.10. The van der Waals surface area contributed by atoms with Crippen LogP contribution in [0.1, 0.15) is 56.1 Å². The molecule has 2 rings (SSSR count). The third-order valence-electron chi connectivity index (χ3n) is 4.37. The fourth-order valence-electron chi connectivity index (χ4n) is 2.83. The van der Waals surface area contributed by atoms with E-state index in [2.05, 4.69) is 21.3 Å².